The maximum atomic E-state index is 12.4. The number of carbonyl (C=O) groups excluding carboxylic acids is 1. The third-order valence-corrected chi connectivity index (χ3v) is 2.90. The van der Waals surface area contributed by atoms with Crippen molar-refractivity contribution in [1.29, 1.82) is 0 Å². The van der Waals surface area contributed by atoms with E-state index in [1.807, 2.05) is 0 Å². The molecule has 1 aromatic carbocycles. The van der Waals surface area contributed by atoms with E-state index in [0.717, 1.165) is 6.92 Å². The summed E-state index contributed by atoms with van der Waals surface area (Å²) in [6.45, 7) is 1.15. The predicted octanol–water partition coefficient (Wildman–Crippen LogP) is 4.12. The molecule has 0 aliphatic carbocycles. The summed E-state index contributed by atoms with van der Waals surface area (Å²) in [5.41, 5.74) is 0.261. The van der Waals surface area contributed by atoms with Gasteiger partial charge >= 0.3 is 6.18 Å². The van der Waals surface area contributed by atoms with Crippen molar-refractivity contribution in [2.24, 2.45) is 0 Å². The van der Waals surface area contributed by atoms with Crippen LogP contribution in [0.4, 0.5) is 13.2 Å². The number of amides is 1. The average molecular weight is 300 g/mol. The quantitative estimate of drug-likeness (QED) is 0.893. The van der Waals surface area contributed by atoms with E-state index in [0.29, 0.717) is 0 Å². The number of carbonyl (C=O) groups is 1. The van der Waals surface area contributed by atoms with Crippen LogP contribution in [-0.2, 0) is 4.79 Å². The largest absolute Gasteiger partial charge is 0.391 e. The van der Waals surface area contributed by atoms with Crippen LogP contribution < -0.4 is 5.32 Å². The first-order valence-electron chi connectivity index (χ1n) is 4.98. The van der Waals surface area contributed by atoms with Crippen LogP contribution in [-0.4, -0.2) is 12.1 Å². The maximum absolute atomic E-state index is 12.4. The topological polar surface area (TPSA) is 29.1 Å². The Labute approximate surface area is 112 Å². The molecule has 0 heterocycles. The third kappa shape index (κ3) is 4.74. The second-order valence-corrected chi connectivity index (χ2v) is 4.56. The number of rotatable bonds is 3. The van der Waals surface area contributed by atoms with E-state index in [2.05, 4.69) is 5.32 Å². The molecule has 1 amide bonds. The van der Waals surface area contributed by atoms with Gasteiger partial charge in [0.25, 0.3) is 0 Å². The maximum Gasteiger partial charge on any atom is 0.391 e. The van der Waals surface area contributed by atoms with Crippen molar-refractivity contribution in [3.05, 3.63) is 33.8 Å². The van der Waals surface area contributed by atoms with E-state index in [4.69, 9.17) is 23.2 Å². The van der Waals surface area contributed by atoms with Crippen LogP contribution in [0.1, 0.15) is 24.9 Å². The highest BCUT2D eigenvalue weighted by molar-refractivity contribution is 6.42. The Morgan fingerprint density at radius 2 is 1.94 bits per heavy atom. The molecule has 1 N–H and O–H groups in total. The molecule has 0 aromatic heterocycles. The Balaban J connectivity index is 3.01. The molecular weight excluding hydrogens is 290 g/mol. The summed E-state index contributed by atoms with van der Waals surface area (Å²) in [6, 6.07) is 2.94. The van der Waals surface area contributed by atoms with Gasteiger partial charge in [-0.2, -0.15) is 13.2 Å². The van der Waals surface area contributed by atoms with E-state index in [1.165, 1.54) is 18.2 Å². The normalized spacial score (nSPS) is 13.2. The fourth-order valence-electron chi connectivity index (χ4n) is 1.46. The molecule has 1 unspecified atom stereocenters. The number of halogens is 5. The molecule has 18 heavy (non-hydrogen) atoms. The van der Waals surface area contributed by atoms with E-state index in [1.54, 1.807) is 0 Å². The summed E-state index contributed by atoms with van der Waals surface area (Å²) >= 11 is 11.4. The molecule has 0 spiro atoms. The molecular formula is C11H10Cl2F3NO. The standard InChI is InChI=1S/C11H10Cl2F3NO/c1-6(18)17-10(5-11(14,15)16)7-2-3-8(12)9(13)4-7/h2-4,10H,5H2,1H3,(H,17,18). The zero-order valence-electron chi connectivity index (χ0n) is 9.31. The lowest BCUT2D eigenvalue weighted by atomic mass is 10.0. The summed E-state index contributed by atoms with van der Waals surface area (Å²) in [5, 5.41) is 2.63. The molecule has 0 radical (unpaired) electrons. The molecule has 1 rings (SSSR count). The molecule has 100 valence electrons. The number of alkyl halides is 3. The van der Waals surface area contributed by atoms with Crippen molar-refractivity contribution < 1.29 is 18.0 Å². The minimum absolute atomic E-state index is 0.145. The average Bonchev–Trinajstić information content (AvgIpc) is 2.18. The van der Waals surface area contributed by atoms with Crippen LogP contribution in [0.15, 0.2) is 18.2 Å². The first-order chi connectivity index (χ1) is 8.19. The number of benzene rings is 1. The first-order valence-corrected chi connectivity index (χ1v) is 5.73. The van der Waals surface area contributed by atoms with Gasteiger partial charge in [-0.1, -0.05) is 29.3 Å². The number of hydrogen-bond donors (Lipinski definition) is 1. The first kappa shape index (κ1) is 15.1. The van der Waals surface area contributed by atoms with Gasteiger partial charge in [-0.15, -0.1) is 0 Å². The monoisotopic (exact) mass is 299 g/mol. The minimum atomic E-state index is -4.39. The van der Waals surface area contributed by atoms with Gasteiger partial charge in [0, 0.05) is 6.92 Å². The van der Waals surface area contributed by atoms with Gasteiger partial charge in [-0.3, -0.25) is 4.79 Å². The fourth-order valence-corrected chi connectivity index (χ4v) is 1.76. The van der Waals surface area contributed by atoms with Crippen molar-refractivity contribution in [3.63, 3.8) is 0 Å². The lowest BCUT2D eigenvalue weighted by Gasteiger charge is -2.20. The fraction of sp³-hybridized carbons (Fsp3) is 0.364. The van der Waals surface area contributed by atoms with Crippen LogP contribution in [0.5, 0.6) is 0 Å². The van der Waals surface area contributed by atoms with Gasteiger partial charge in [-0.05, 0) is 17.7 Å². The zero-order chi connectivity index (χ0) is 13.9. The lowest BCUT2D eigenvalue weighted by molar-refractivity contribution is -0.142. The summed E-state index contributed by atoms with van der Waals surface area (Å²) in [6.07, 6.45) is -5.55. The molecule has 0 bridgehead atoms. The highest BCUT2D eigenvalue weighted by Crippen LogP contribution is 2.32. The summed E-state index contributed by atoms with van der Waals surface area (Å²) < 4.78 is 37.2. The van der Waals surface area contributed by atoms with Crippen LogP contribution in [0, 0.1) is 0 Å². The van der Waals surface area contributed by atoms with Crippen molar-refractivity contribution >= 4 is 29.1 Å². The molecule has 0 aliphatic rings. The van der Waals surface area contributed by atoms with Gasteiger partial charge in [0.05, 0.1) is 22.5 Å². The van der Waals surface area contributed by atoms with E-state index >= 15 is 0 Å². The molecule has 2 nitrogen and oxygen atoms in total. The molecule has 1 aromatic rings. The van der Waals surface area contributed by atoms with Crippen LogP contribution in [0.3, 0.4) is 0 Å². The van der Waals surface area contributed by atoms with Gasteiger partial charge < -0.3 is 5.32 Å². The van der Waals surface area contributed by atoms with Gasteiger partial charge in [0.15, 0.2) is 0 Å². The van der Waals surface area contributed by atoms with Gasteiger partial charge in [0.1, 0.15) is 0 Å². The highest BCUT2D eigenvalue weighted by atomic mass is 35.5. The smallest absolute Gasteiger partial charge is 0.349 e. The second-order valence-electron chi connectivity index (χ2n) is 3.75. The molecule has 7 heteroatoms. The van der Waals surface area contributed by atoms with E-state index in [-0.39, 0.29) is 15.6 Å². The second kappa shape index (κ2) is 5.80. The van der Waals surface area contributed by atoms with Crippen molar-refractivity contribution in [3.8, 4) is 0 Å². The Kier molecular flexibility index (Phi) is 4.87. The third-order valence-electron chi connectivity index (χ3n) is 2.16. The molecule has 0 aliphatic heterocycles. The van der Waals surface area contributed by atoms with Crippen LogP contribution in [0.2, 0.25) is 10.0 Å². The van der Waals surface area contributed by atoms with Crippen LogP contribution >= 0.6 is 23.2 Å². The Hall–Kier alpha value is -0.940. The summed E-state index contributed by atoms with van der Waals surface area (Å²) in [7, 11) is 0. The van der Waals surface area contributed by atoms with Gasteiger partial charge in [-0.25, -0.2) is 0 Å². The SMILES string of the molecule is CC(=O)NC(CC(F)(F)F)c1ccc(Cl)c(Cl)c1. The molecule has 0 fully saturated rings. The summed E-state index contributed by atoms with van der Waals surface area (Å²) in [4.78, 5) is 10.9. The lowest BCUT2D eigenvalue weighted by Crippen LogP contribution is -2.30. The predicted molar refractivity (Wildman–Crippen MR) is 63.7 cm³/mol. The molecule has 0 saturated heterocycles. The van der Waals surface area contributed by atoms with Gasteiger partial charge in [0.2, 0.25) is 5.91 Å². The highest BCUT2D eigenvalue weighted by Gasteiger charge is 2.33. The van der Waals surface area contributed by atoms with Crippen molar-refractivity contribution in [2.75, 3.05) is 0 Å². The van der Waals surface area contributed by atoms with Crippen molar-refractivity contribution in [2.45, 2.75) is 25.6 Å². The Morgan fingerprint density at radius 3 is 2.39 bits per heavy atom. The van der Waals surface area contributed by atoms with E-state index in [9.17, 15) is 18.0 Å². The molecule has 0 saturated carbocycles. The zero-order valence-corrected chi connectivity index (χ0v) is 10.8. The number of nitrogens with one attached hydrogen (secondary N) is 1. The minimum Gasteiger partial charge on any atom is -0.349 e. The summed E-state index contributed by atoms with van der Waals surface area (Å²) in [5.74, 6) is -0.546. The Morgan fingerprint density at radius 1 is 1.33 bits per heavy atom. The molecule has 1 atom stereocenters. The van der Waals surface area contributed by atoms with Crippen molar-refractivity contribution in [1.82, 2.24) is 5.32 Å². The number of hydrogen-bond acceptors (Lipinski definition) is 1. The van der Waals surface area contributed by atoms with E-state index < -0.39 is 24.5 Å². The Bertz CT molecular complexity index is 448. The van der Waals surface area contributed by atoms with Crippen LogP contribution in [0.25, 0.3) is 0 Å².